The number of halogens is 1. The minimum atomic E-state index is 0.509. The minimum absolute atomic E-state index is 0.509. The molecule has 3 aromatic rings. The summed E-state index contributed by atoms with van der Waals surface area (Å²) in [5, 5.41) is 4.14. The Labute approximate surface area is 148 Å². The van der Waals surface area contributed by atoms with Gasteiger partial charge in [0.25, 0.3) is 5.89 Å². The Kier molecular flexibility index (Phi) is 3.97. The van der Waals surface area contributed by atoms with E-state index in [-0.39, 0.29) is 0 Å². The Balaban J connectivity index is 1.64. The second kappa shape index (κ2) is 6.14. The smallest absolute Gasteiger partial charge is 0.277 e. The highest BCUT2D eigenvalue weighted by Crippen LogP contribution is 2.32. The molecule has 0 fully saturated rings. The molecule has 0 saturated heterocycles. The summed E-state index contributed by atoms with van der Waals surface area (Å²) in [6.45, 7) is 1.85. The summed E-state index contributed by atoms with van der Waals surface area (Å²) in [7, 11) is 4.11. The van der Waals surface area contributed by atoms with Crippen LogP contribution in [-0.2, 0) is 19.5 Å². The van der Waals surface area contributed by atoms with Crippen LogP contribution in [0.3, 0.4) is 0 Å². The Morgan fingerprint density at radius 2 is 2.00 bits per heavy atom. The van der Waals surface area contributed by atoms with Gasteiger partial charge in [-0.3, -0.25) is 0 Å². The highest BCUT2D eigenvalue weighted by atomic mass is 79.9. The Morgan fingerprint density at radius 3 is 2.75 bits per heavy atom. The summed E-state index contributed by atoms with van der Waals surface area (Å²) >= 11 is 3.51. The van der Waals surface area contributed by atoms with Crippen molar-refractivity contribution in [3.63, 3.8) is 0 Å². The van der Waals surface area contributed by atoms with Gasteiger partial charge < -0.3 is 14.0 Å². The van der Waals surface area contributed by atoms with Crippen LogP contribution in [0.15, 0.2) is 33.4 Å². The molecule has 24 heavy (non-hydrogen) atoms. The lowest BCUT2D eigenvalue weighted by Gasteiger charge is -2.09. The first kappa shape index (κ1) is 15.5. The fraction of sp³-hybridized carbons (Fsp3) is 0.353. The average Bonchev–Trinajstić information content (AvgIpc) is 3.23. The number of benzene rings is 1. The molecule has 0 saturated carbocycles. The van der Waals surface area contributed by atoms with E-state index in [9.17, 15) is 0 Å². The maximum atomic E-state index is 5.50. The van der Waals surface area contributed by atoms with Crippen LogP contribution in [0.1, 0.15) is 17.8 Å². The lowest BCUT2D eigenvalue weighted by atomic mass is 10.1. The molecule has 7 heteroatoms. The van der Waals surface area contributed by atoms with Crippen molar-refractivity contribution in [2.24, 2.45) is 0 Å². The van der Waals surface area contributed by atoms with Crippen LogP contribution in [0.4, 0.5) is 0 Å². The van der Waals surface area contributed by atoms with Crippen molar-refractivity contribution in [3.05, 3.63) is 40.3 Å². The van der Waals surface area contributed by atoms with Gasteiger partial charge in [0.15, 0.2) is 0 Å². The van der Waals surface area contributed by atoms with Crippen molar-refractivity contribution in [3.8, 4) is 23.0 Å². The van der Waals surface area contributed by atoms with Crippen LogP contribution >= 0.6 is 15.9 Å². The lowest BCUT2D eigenvalue weighted by Crippen LogP contribution is -2.10. The van der Waals surface area contributed by atoms with Gasteiger partial charge >= 0.3 is 0 Å². The predicted molar refractivity (Wildman–Crippen MR) is 94.4 cm³/mol. The van der Waals surface area contributed by atoms with Gasteiger partial charge in [-0.05, 0) is 42.0 Å². The third-order valence-corrected chi connectivity index (χ3v) is 4.68. The van der Waals surface area contributed by atoms with Crippen LogP contribution in [0, 0.1) is 0 Å². The molecule has 0 radical (unpaired) electrons. The Morgan fingerprint density at radius 1 is 1.21 bits per heavy atom. The molecule has 6 nitrogen and oxygen atoms in total. The molecule has 1 aliphatic rings. The molecule has 1 aliphatic heterocycles. The molecule has 0 N–H and O–H groups in total. The fourth-order valence-electron chi connectivity index (χ4n) is 3.06. The van der Waals surface area contributed by atoms with E-state index in [1.165, 1.54) is 5.56 Å². The van der Waals surface area contributed by atoms with Gasteiger partial charge in [-0.15, -0.1) is 0 Å². The van der Waals surface area contributed by atoms with Crippen molar-refractivity contribution in [1.82, 2.24) is 24.6 Å². The topological polar surface area (TPSA) is 60.0 Å². The first-order valence-electron chi connectivity index (χ1n) is 7.95. The summed E-state index contributed by atoms with van der Waals surface area (Å²) in [6, 6.07) is 8.25. The molecular formula is C17H18BrN5O. The zero-order chi connectivity index (χ0) is 16.7. The number of hydrogen-bond donors (Lipinski definition) is 0. The Hall–Kier alpha value is -1.99. The monoisotopic (exact) mass is 387 g/mol. The number of imidazole rings is 1. The molecule has 124 valence electrons. The first-order chi connectivity index (χ1) is 11.6. The van der Waals surface area contributed by atoms with Crippen molar-refractivity contribution in [2.45, 2.75) is 25.9 Å². The molecule has 0 amide bonds. The van der Waals surface area contributed by atoms with E-state index < -0.39 is 0 Å². The van der Waals surface area contributed by atoms with Crippen LogP contribution in [0.5, 0.6) is 0 Å². The molecule has 0 spiro atoms. The zero-order valence-electron chi connectivity index (χ0n) is 13.7. The van der Waals surface area contributed by atoms with Crippen LogP contribution in [0.25, 0.3) is 23.0 Å². The second-order valence-corrected chi connectivity index (χ2v) is 7.03. The standard InChI is InChI=1S/C17H18BrN5O/c1-22(2)10-11-5-7-12(8-6-11)16-20-17(24-21-16)14-15(18)19-13-4-3-9-23(13)14/h5-8H,3-4,9-10H2,1-2H3. The van der Waals surface area contributed by atoms with E-state index in [0.29, 0.717) is 11.7 Å². The van der Waals surface area contributed by atoms with Crippen LogP contribution < -0.4 is 0 Å². The molecule has 4 rings (SSSR count). The summed E-state index contributed by atoms with van der Waals surface area (Å²) in [5.74, 6) is 2.18. The third kappa shape index (κ3) is 2.78. The van der Waals surface area contributed by atoms with Crippen molar-refractivity contribution < 1.29 is 4.52 Å². The normalized spacial score (nSPS) is 13.7. The van der Waals surface area contributed by atoms with E-state index in [1.54, 1.807) is 0 Å². The molecule has 2 aromatic heterocycles. The van der Waals surface area contributed by atoms with Gasteiger partial charge in [-0.2, -0.15) is 4.98 Å². The van der Waals surface area contributed by atoms with E-state index in [2.05, 4.69) is 66.7 Å². The van der Waals surface area contributed by atoms with Crippen LogP contribution in [-0.4, -0.2) is 38.7 Å². The number of rotatable bonds is 4. The SMILES string of the molecule is CN(C)Cc1ccc(-c2noc(-c3c(Br)nc4n3CCC4)n2)cc1. The predicted octanol–water partition coefficient (Wildman–Crippen LogP) is 3.37. The van der Waals surface area contributed by atoms with Gasteiger partial charge in [-0.1, -0.05) is 29.4 Å². The summed E-state index contributed by atoms with van der Waals surface area (Å²) in [6.07, 6.45) is 2.10. The molecule has 0 bridgehead atoms. The highest BCUT2D eigenvalue weighted by Gasteiger charge is 2.25. The van der Waals surface area contributed by atoms with E-state index >= 15 is 0 Å². The summed E-state index contributed by atoms with van der Waals surface area (Å²) in [5.41, 5.74) is 3.08. The average molecular weight is 388 g/mol. The largest absolute Gasteiger partial charge is 0.332 e. The minimum Gasteiger partial charge on any atom is -0.332 e. The lowest BCUT2D eigenvalue weighted by molar-refractivity contribution is 0.402. The molecule has 0 aliphatic carbocycles. The van der Waals surface area contributed by atoms with Gasteiger partial charge in [0.2, 0.25) is 5.82 Å². The van der Waals surface area contributed by atoms with Crippen molar-refractivity contribution in [2.75, 3.05) is 14.1 Å². The van der Waals surface area contributed by atoms with Gasteiger partial charge in [0.1, 0.15) is 16.1 Å². The molecule has 1 aromatic carbocycles. The third-order valence-electron chi connectivity index (χ3n) is 4.13. The zero-order valence-corrected chi connectivity index (χ0v) is 15.2. The van der Waals surface area contributed by atoms with Crippen LogP contribution in [0.2, 0.25) is 0 Å². The maximum Gasteiger partial charge on any atom is 0.277 e. The Bertz CT molecular complexity index is 866. The van der Waals surface area contributed by atoms with Crippen molar-refractivity contribution in [1.29, 1.82) is 0 Å². The van der Waals surface area contributed by atoms with Gasteiger partial charge in [0.05, 0.1) is 0 Å². The van der Waals surface area contributed by atoms with Crippen molar-refractivity contribution >= 4 is 15.9 Å². The van der Waals surface area contributed by atoms with Gasteiger partial charge in [0, 0.05) is 25.1 Å². The van der Waals surface area contributed by atoms with E-state index in [0.717, 1.165) is 47.6 Å². The highest BCUT2D eigenvalue weighted by molar-refractivity contribution is 9.10. The van der Waals surface area contributed by atoms with E-state index in [4.69, 9.17) is 4.52 Å². The number of fused-ring (bicyclic) bond motifs is 1. The molecule has 3 heterocycles. The first-order valence-corrected chi connectivity index (χ1v) is 8.74. The number of aromatic nitrogens is 4. The van der Waals surface area contributed by atoms with Gasteiger partial charge in [-0.25, -0.2) is 4.98 Å². The molecule has 0 atom stereocenters. The van der Waals surface area contributed by atoms with E-state index in [1.807, 2.05) is 12.1 Å². The number of aryl methyl sites for hydroxylation is 1. The second-order valence-electron chi connectivity index (χ2n) is 6.28. The fourth-order valence-corrected chi connectivity index (χ4v) is 3.65. The summed E-state index contributed by atoms with van der Waals surface area (Å²) in [4.78, 5) is 11.2. The number of hydrogen-bond acceptors (Lipinski definition) is 5. The molecular weight excluding hydrogens is 370 g/mol. The maximum absolute atomic E-state index is 5.50. The molecule has 0 unspecified atom stereocenters. The number of nitrogens with zero attached hydrogens (tertiary/aromatic N) is 5. The summed E-state index contributed by atoms with van der Waals surface area (Å²) < 4.78 is 8.43. The quantitative estimate of drug-likeness (QED) is 0.686.